The predicted molar refractivity (Wildman–Crippen MR) is 138 cm³/mol. The number of fused-ring (bicyclic) bond motifs is 5. The van der Waals surface area contributed by atoms with Crippen molar-refractivity contribution in [1.82, 2.24) is 0 Å². The molecule has 0 aromatic heterocycles. The molecule has 0 aromatic carbocycles. The molecular formula is C30H44O7. The van der Waals surface area contributed by atoms with E-state index in [0.29, 0.717) is 12.8 Å². The molecule has 0 saturated heterocycles. The highest BCUT2D eigenvalue weighted by Crippen LogP contribution is 2.74. The van der Waals surface area contributed by atoms with Crippen molar-refractivity contribution < 1.29 is 34.8 Å². The van der Waals surface area contributed by atoms with Gasteiger partial charge < -0.3 is 20.4 Å². The van der Waals surface area contributed by atoms with Gasteiger partial charge in [-0.25, -0.2) is 0 Å². The van der Waals surface area contributed by atoms with Gasteiger partial charge in [-0.05, 0) is 82.6 Å². The van der Waals surface area contributed by atoms with E-state index in [9.17, 15) is 34.8 Å². The maximum absolute atomic E-state index is 14.2. The summed E-state index contributed by atoms with van der Waals surface area (Å²) in [7, 11) is 0. The summed E-state index contributed by atoms with van der Waals surface area (Å²) >= 11 is 0. The molecule has 3 saturated carbocycles. The molecule has 0 aromatic rings. The van der Waals surface area contributed by atoms with E-state index >= 15 is 0 Å². The average molecular weight is 517 g/mol. The third kappa shape index (κ3) is 3.71. The first-order valence-electron chi connectivity index (χ1n) is 13.5. The summed E-state index contributed by atoms with van der Waals surface area (Å²) in [5.74, 6) is -2.24. The Labute approximate surface area is 220 Å². The van der Waals surface area contributed by atoms with E-state index in [4.69, 9.17) is 0 Å². The molecule has 0 bridgehead atoms. The fourth-order valence-electron chi connectivity index (χ4n) is 9.00. The van der Waals surface area contributed by atoms with Crippen molar-refractivity contribution in [2.45, 2.75) is 104 Å². The molecule has 3 fully saturated rings. The molecule has 0 unspecified atom stereocenters. The quantitative estimate of drug-likeness (QED) is 0.334. The lowest BCUT2D eigenvalue weighted by Crippen LogP contribution is -2.65. The minimum absolute atomic E-state index is 0.0141. The number of Topliss-reactive ketones (excluding diaryl/α,β-unsaturated/α-hetero) is 2. The Morgan fingerprint density at radius 2 is 1.62 bits per heavy atom. The molecule has 4 aliphatic rings. The highest BCUT2D eigenvalue weighted by molar-refractivity contribution is 5.98. The molecule has 9 atom stereocenters. The molecule has 7 nitrogen and oxygen atoms in total. The van der Waals surface area contributed by atoms with Crippen molar-refractivity contribution in [3.05, 3.63) is 23.8 Å². The molecule has 206 valence electrons. The Hall–Kier alpha value is -1.67. The first kappa shape index (κ1) is 28.3. The molecule has 4 rings (SSSR count). The lowest BCUT2D eigenvalue weighted by atomic mass is 9.38. The zero-order valence-corrected chi connectivity index (χ0v) is 23.5. The minimum atomic E-state index is -1.95. The van der Waals surface area contributed by atoms with Gasteiger partial charge in [-0.3, -0.25) is 14.4 Å². The lowest BCUT2D eigenvalue weighted by Gasteiger charge is -2.64. The number of hydrogen-bond acceptors (Lipinski definition) is 7. The molecule has 37 heavy (non-hydrogen) atoms. The maximum atomic E-state index is 14.2. The fraction of sp³-hybridized carbons (Fsp3) is 0.767. The normalized spacial score (nSPS) is 45.1. The van der Waals surface area contributed by atoms with Crippen molar-refractivity contribution in [2.24, 2.45) is 39.4 Å². The average Bonchev–Trinajstić information content (AvgIpc) is 2.96. The van der Waals surface area contributed by atoms with Gasteiger partial charge in [0.15, 0.2) is 11.6 Å². The van der Waals surface area contributed by atoms with E-state index < -0.39 is 56.8 Å². The lowest BCUT2D eigenvalue weighted by molar-refractivity contribution is -0.183. The van der Waals surface area contributed by atoms with Crippen LogP contribution in [0, 0.1) is 39.4 Å². The van der Waals surface area contributed by atoms with Gasteiger partial charge >= 0.3 is 0 Å². The molecule has 0 aliphatic heterocycles. The number of carbonyl (C=O) groups is 3. The first-order valence-corrected chi connectivity index (χ1v) is 13.5. The van der Waals surface area contributed by atoms with E-state index in [1.54, 1.807) is 0 Å². The Balaban J connectivity index is 1.80. The molecule has 0 heterocycles. The third-order valence-corrected chi connectivity index (χ3v) is 11.1. The number of allylic oxidation sites excluding steroid dienone is 2. The van der Waals surface area contributed by atoms with Crippen molar-refractivity contribution >= 4 is 17.3 Å². The van der Waals surface area contributed by atoms with Crippen LogP contribution in [-0.2, 0) is 14.4 Å². The van der Waals surface area contributed by atoms with Crippen LogP contribution in [0.1, 0.15) is 81.1 Å². The number of ketones is 3. The Bertz CT molecular complexity index is 1090. The van der Waals surface area contributed by atoms with Crippen LogP contribution in [-0.4, -0.2) is 61.2 Å². The summed E-state index contributed by atoms with van der Waals surface area (Å²) < 4.78 is 0. The first-order chi connectivity index (χ1) is 16.7. The molecule has 4 aliphatic carbocycles. The van der Waals surface area contributed by atoms with Crippen LogP contribution in [0.3, 0.4) is 0 Å². The van der Waals surface area contributed by atoms with E-state index in [0.717, 1.165) is 5.57 Å². The number of aliphatic hydroxyl groups is 4. The standard InChI is InChI=1S/C30H44O7/c1-25(2,36)12-11-21(33)30(8,37)23-19(32)14-27(5)20-10-9-16-17(13-18(31)24(35)26(16,3)4)29(20,7)22(34)15-28(23,27)6/h9,11-12,17-20,23,31-32,36-37H,10,13-15H2,1-8H3/t17-,18+,19-,20+,23+,27+,28-,29+,30+/m1/s1. The van der Waals surface area contributed by atoms with Crippen LogP contribution >= 0.6 is 0 Å². The largest absolute Gasteiger partial charge is 0.393 e. The second-order valence-electron chi connectivity index (χ2n) is 14.2. The van der Waals surface area contributed by atoms with Gasteiger partial charge in [0.25, 0.3) is 0 Å². The summed E-state index contributed by atoms with van der Waals surface area (Å²) in [5, 5.41) is 43.7. The molecule has 0 amide bonds. The maximum Gasteiger partial charge on any atom is 0.187 e. The molecule has 4 N–H and O–H groups in total. The van der Waals surface area contributed by atoms with Gasteiger partial charge in [-0.2, -0.15) is 0 Å². The topological polar surface area (TPSA) is 132 Å². The predicted octanol–water partition coefficient (Wildman–Crippen LogP) is 2.93. The van der Waals surface area contributed by atoms with Gasteiger partial charge in [-0.15, -0.1) is 0 Å². The third-order valence-electron chi connectivity index (χ3n) is 11.1. The van der Waals surface area contributed by atoms with Crippen molar-refractivity contribution in [1.29, 1.82) is 0 Å². The highest BCUT2D eigenvalue weighted by Gasteiger charge is 2.74. The fourth-order valence-corrected chi connectivity index (χ4v) is 9.00. The summed E-state index contributed by atoms with van der Waals surface area (Å²) in [5.41, 5.74) is -5.46. The summed E-state index contributed by atoms with van der Waals surface area (Å²) in [6.07, 6.45) is 3.54. The van der Waals surface area contributed by atoms with E-state index in [1.807, 2.05) is 27.7 Å². The number of aliphatic hydroxyl groups excluding tert-OH is 2. The van der Waals surface area contributed by atoms with E-state index in [2.05, 4.69) is 13.0 Å². The SMILES string of the molecule is CC(C)(O)C=CC(=O)[C@](C)(O)[C@H]1[C@H](O)C[C@@]2(C)[C@@H]3CC=C4[C@@H](C[C@H](O)C(=O)C4(C)C)[C@]3(C)C(=O)C[C@]12C. The van der Waals surface area contributed by atoms with Crippen LogP contribution in [0.15, 0.2) is 23.8 Å². The van der Waals surface area contributed by atoms with Crippen LogP contribution in [0.5, 0.6) is 0 Å². The van der Waals surface area contributed by atoms with Gasteiger partial charge in [0.1, 0.15) is 17.5 Å². The van der Waals surface area contributed by atoms with E-state index in [-0.39, 0.29) is 36.2 Å². The van der Waals surface area contributed by atoms with E-state index in [1.165, 1.54) is 32.9 Å². The second-order valence-corrected chi connectivity index (χ2v) is 14.2. The summed E-state index contributed by atoms with van der Waals surface area (Å²) in [4.78, 5) is 40.2. The Kier molecular flexibility index (Phi) is 6.26. The van der Waals surface area contributed by atoms with Crippen LogP contribution < -0.4 is 0 Å². The number of rotatable bonds is 4. The zero-order chi connectivity index (χ0) is 28.1. The molecule has 0 spiro atoms. The van der Waals surface area contributed by atoms with Gasteiger partial charge in [0.05, 0.1) is 11.7 Å². The van der Waals surface area contributed by atoms with Gasteiger partial charge in [-0.1, -0.05) is 38.5 Å². The highest BCUT2D eigenvalue weighted by atomic mass is 16.3. The van der Waals surface area contributed by atoms with Crippen molar-refractivity contribution in [3.8, 4) is 0 Å². The second kappa shape index (κ2) is 8.17. The smallest absolute Gasteiger partial charge is 0.187 e. The van der Waals surface area contributed by atoms with Gasteiger partial charge in [0, 0.05) is 23.2 Å². The minimum Gasteiger partial charge on any atom is -0.393 e. The molecular weight excluding hydrogens is 472 g/mol. The Morgan fingerprint density at radius 3 is 2.19 bits per heavy atom. The molecule has 0 radical (unpaired) electrons. The summed E-state index contributed by atoms with van der Waals surface area (Å²) in [6, 6.07) is 0. The van der Waals surface area contributed by atoms with Crippen LogP contribution in [0.25, 0.3) is 0 Å². The number of hydrogen-bond donors (Lipinski definition) is 4. The van der Waals surface area contributed by atoms with Crippen LogP contribution in [0.4, 0.5) is 0 Å². The van der Waals surface area contributed by atoms with Crippen molar-refractivity contribution in [2.75, 3.05) is 0 Å². The Morgan fingerprint density at radius 1 is 1.03 bits per heavy atom. The zero-order valence-electron chi connectivity index (χ0n) is 23.5. The molecule has 7 heteroatoms. The summed E-state index contributed by atoms with van der Waals surface area (Å²) in [6.45, 7) is 14.0. The monoisotopic (exact) mass is 516 g/mol. The number of carbonyl (C=O) groups excluding carboxylic acids is 3. The van der Waals surface area contributed by atoms with Crippen molar-refractivity contribution in [3.63, 3.8) is 0 Å². The van der Waals surface area contributed by atoms with Gasteiger partial charge in [0.2, 0.25) is 0 Å². The van der Waals surface area contributed by atoms with Crippen LogP contribution in [0.2, 0.25) is 0 Å².